The first kappa shape index (κ1) is 11.6. The second-order valence-corrected chi connectivity index (χ2v) is 6.48. The van der Waals surface area contributed by atoms with Gasteiger partial charge in [-0.3, -0.25) is 5.32 Å². The summed E-state index contributed by atoms with van der Waals surface area (Å²) in [5, 5.41) is 2.75. The van der Waals surface area contributed by atoms with Crippen molar-refractivity contribution in [2.75, 3.05) is 0 Å². The van der Waals surface area contributed by atoms with Gasteiger partial charge in [0.2, 0.25) is 0 Å². The molecular weight excluding hydrogens is 222 g/mol. The van der Waals surface area contributed by atoms with E-state index in [0.29, 0.717) is 11.3 Å². The standard InChI is InChI=1S/C12H17NO2S/c1-10-6-5-9-12(13-10)16(14,15)11-7-3-2-4-8-11/h2-4,7-8,10,12-13H,5-6,9H2,1H3. The molecule has 0 saturated carbocycles. The molecule has 0 bridgehead atoms. The van der Waals surface area contributed by atoms with Crippen molar-refractivity contribution in [1.82, 2.24) is 5.32 Å². The van der Waals surface area contributed by atoms with Crippen LogP contribution in [0, 0.1) is 0 Å². The molecule has 2 unspecified atom stereocenters. The van der Waals surface area contributed by atoms with Crippen LogP contribution < -0.4 is 5.32 Å². The van der Waals surface area contributed by atoms with Gasteiger partial charge in [-0.1, -0.05) is 18.2 Å². The Hall–Kier alpha value is -0.870. The Bertz CT molecular complexity index is 441. The van der Waals surface area contributed by atoms with Crippen LogP contribution in [0.4, 0.5) is 0 Å². The highest BCUT2D eigenvalue weighted by atomic mass is 32.2. The Morgan fingerprint density at radius 1 is 1.19 bits per heavy atom. The highest BCUT2D eigenvalue weighted by molar-refractivity contribution is 7.92. The SMILES string of the molecule is CC1CCCC(S(=O)(=O)c2ccccc2)N1. The third-order valence-corrected chi connectivity index (χ3v) is 5.07. The van der Waals surface area contributed by atoms with Gasteiger partial charge in [0.1, 0.15) is 5.37 Å². The van der Waals surface area contributed by atoms with Crippen molar-refractivity contribution in [3.63, 3.8) is 0 Å². The van der Waals surface area contributed by atoms with E-state index in [1.54, 1.807) is 24.3 Å². The quantitative estimate of drug-likeness (QED) is 0.858. The van der Waals surface area contributed by atoms with Crippen LogP contribution in [0.15, 0.2) is 35.2 Å². The first-order valence-corrected chi connectivity index (χ1v) is 7.20. The van der Waals surface area contributed by atoms with E-state index in [0.717, 1.165) is 12.8 Å². The molecule has 1 heterocycles. The molecule has 4 heteroatoms. The summed E-state index contributed by atoms with van der Waals surface area (Å²) in [7, 11) is -3.21. The fraction of sp³-hybridized carbons (Fsp3) is 0.500. The molecule has 1 fully saturated rings. The Morgan fingerprint density at radius 3 is 2.50 bits per heavy atom. The molecule has 16 heavy (non-hydrogen) atoms. The van der Waals surface area contributed by atoms with Gasteiger partial charge in [-0.2, -0.15) is 0 Å². The van der Waals surface area contributed by atoms with E-state index in [4.69, 9.17) is 0 Å². The van der Waals surface area contributed by atoms with Gasteiger partial charge in [-0.15, -0.1) is 0 Å². The van der Waals surface area contributed by atoms with Crippen LogP contribution in [0.5, 0.6) is 0 Å². The van der Waals surface area contributed by atoms with Crippen molar-refractivity contribution >= 4 is 9.84 Å². The van der Waals surface area contributed by atoms with Gasteiger partial charge in [0.15, 0.2) is 9.84 Å². The van der Waals surface area contributed by atoms with Crippen molar-refractivity contribution in [2.45, 2.75) is 42.5 Å². The maximum atomic E-state index is 12.3. The zero-order valence-electron chi connectivity index (χ0n) is 9.39. The number of nitrogens with one attached hydrogen (secondary N) is 1. The van der Waals surface area contributed by atoms with E-state index >= 15 is 0 Å². The number of rotatable bonds is 2. The van der Waals surface area contributed by atoms with Crippen LogP contribution in [-0.2, 0) is 9.84 Å². The highest BCUT2D eigenvalue weighted by Crippen LogP contribution is 2.22. The summed E-state index contributed by atoms with van der Waals surface area (Å²) >= 11 is 0. The van der Waals surface area contributed by atoms with Gasteiger partial charge in [-0.05, 0) is 38.3 Å². The summed E-state index contributed by atoms with van der Waals surface area (Å²) in [6.07, 6.45) is 2.74. The van der Waals surface area contributed by atoms with E-state index < -0.39 is 15.2 Å². The lowest BCUT2D eigenvalue weighted by Gasteiger charge is -2.28. The molecule has 2 rings (SSSR count). The summed E-state index contributed by atoms with van der Waals surface area (Å²) in [6, 6.07) is 8.97. The molecule has 0 aromatic heterocycles. The van der Waals surface area contributed by atoms with Crippen LogP contribution in [-0.4, -0.2) is 19.8 Å². The largest absolute Gasteiger partial charge is 0.298 e. The number of hydrogen-bond acceptors (Lipinski definition) is 3. The first-order chi connectivity index (χ1) is 7.60. The second kappa shape index (κ2) is 4.55. The van der Waals surface area contributed by atoms with Crippen LogP contribution in [0.25, 0.3) is 0 Å². The van der Waals surface area contributed by atoms with Crippen molar-refractivity contribution in [3.05, 3.63) is 30.3 Å². The lowest BCUT2D eigenvalue weighted by atomic mass is 10.1. The topological polar surface area (TPSA) is 46.2 Å². The summed E-state index contributed by atoms with van der Waals surface area (Å²) in [6.45, 7) is 2.03. The fourth-order valence-corrected chi connectivity index (χ4v) is 3.87. The molecule has 0 spiro atoms. The zero-order valence-corrected chi connectivity index (χ0v) is 10.2. The Labute approximate surface area is 96.8 Å². The lowest BCUT2D eigenvalue weighted by molar-refractivity contribution is 0.387. The Balaban J connectivity index is 2.26. The summed E-state index contributed by atoms with van der Waals surface area (Å²) in [4.78, 5) is 0.418. The smallest absolute Gasteiger partial charge is 0.194 e. The van der Waals surface area contributed by atoms with E-state index in [9.17, 15) is 8.42 Å². The average Bonchev–Trinajstić information content (AvgIpc) is 2.30. The van der Waals surface area contributed by atoms with Gasteiger partial charge in [0.05, 0.1) is 4.90 Å². The molecule has 2 atom stereocenters. The normalized spacial score (nSPS) is 26.6. The molecule has 1 aliphatic rings. The third kappa shape index (κ3) is 2.28. The van der Waals surface area contributed by atoms with Gasteiger partial charge < -0.3 is 0 Å². The van der Waals surface area contributed by atoms with Gasteiger partial charge in [0.25, 0.3) is 0 Å². The number of hydrogen-bond donors (Lipinski definition) is 1. The van der Waals surface area contributed by atoms with E-state index in [-0.39, 0.29) is 6.04 Å². The first-order valence-electron chi connectivity index (χ1n) is 5.66. The zero-order chi connectivity index (χ0) is 11.6. The number of benzene rings is 1. The predicted molar refractivity (Wildman–Crippen MR) is 63.9 cm³/mol. The lowest BCUT2D eigenvalue weighted by Crippen LogP contribution is -2.45. The molecule has 0 aliphatic carbocycles. The van der Waals surface area contributed by atoms with E-state index in [1.165, 1.54) is 0 Å². The van der Waals surface area contributed by atoms with Crippen LogP contribution in [0.2, 0.25) is 0 Å². The molecule has 88 valence electrons. The molecule has 1 saturated heterocycles. The summed E-state index contributed by atoms with van der Waals surface area (Å²) in [5.41, 5.74) is 0. The van der Waals surface area contributed by atoms with Crippen LogP contribution >= 0.6 is 0 Å². The minimum absolute atomic E-state index is 0.289. The minimum Gasteiger partial charge on any atom is -0.298 e. The van der Waals surface area contributed by atoms with Crippen molar-refractivity contribution in [1.29, 1.82) is 0 Å². The van der Waals surface area contributed by atoms with Gasteiger partial charge >= 0.3 is 0 Å². The molecule has 0 radical (unpaired) electrons. The van der Waals surface area contributed by atoms with Crippen LogP contribution in [0.3, 0.4) is 0 Å². The molecule has 3 nitrogen and oxygen atoms in total. The monoisotopic (exact) mass is 239 g/mol. The van der Waals surface area contributed by atoms with E-state index in [1.807, 2.05) is 13.0 Å². The molecule has 1 aliphatic heterocycles. The summed E-state index contributed by atoms with van der Waals surface area (Å²) in [5.74, 6) is 0. The van der Waals surface area contributed by atoms with E-state index in [2.05, 4.69) is 5.32 Å². The van der Waals surface area contributed by atoms with Gasteiger partial charge in [-0.25, -0.2) is 8.42 Å². The number of piperidine rings is 1. The number of sulfone groups is 1. The van der Waals surface area contributed by atoms with Gasteiger partial charge in [0, 0.05) is 6.04 Å². The summed E-state index contributed by atoms with van der Waals surface area (Å²) < 4.78 is 24.5. The minimum atomic E-state index is -3.21. The molecular formula is C12H17NO2S. The van der Waals surface area contributed by atoms with Crippen molar-refractivity contribution < 1.29 is 8.42 Å². The molecule has 1 aromatic rings. The Morgan fingerprint density at radius 2 is 1.88 bits per heavy atom. The van der Waals surface area contributed by atoms with Crippen molar-refractivity contribution in [2.24, 2.45) is 0 Å². The second-order valence-electron chi connectivity index (χ2n) is 4.35. The predicted octanol–water partition coefficient (Wildman–Crippen LogP) is 1.95. The molecule has 1 N–H and O–H groups in total. The highest BCUT2D eigenvalue weighted by Gasteiger charge is 2.30. The maximum absolute atomic E-state index is 12.3. The van der Waals surface area contributed by atoms with Crippen molar-refractivity contribution in [3.8, 4) is 0 Å². The van der Waals surface area contributed by atoms with Crippen LogP contribution in [0.1, 0.15) is 26.2 Å². The fourth-order valence-electron chi connectivity index (χ4n) is 2.11. The average molecular weight is 239 g/mol. The third-order valence-electron chi connectivity index (χ3n) is 3.02. The molecule has 1 aromatic carbocycles. The molecule has 0 amide bonds. The Kier molecular flexibility index (Phi) is 3.30. The maximum Gasteiger partial charge on any atom is 0.194 e.